The number of thiazole rings is 1. The quantitative estimate of drug-likeness (QED) is 0.533. The zero-order chi connectivity index (χ0) is 19.4. The molecule has 0 radical (unpaired) electrons. The van der Waals surface area contributed by atoms with Crippen molar-refractivity contribution in [3.8, 4) is 27.6 Å². The highest BCUT2D eigenvalue weighted by Gasteiger charge is 2.31. The molecule has 0 fully saturated rings. The molecule has 0 saturated heterocycles. The van der Waals surface area contributed by atoms with Crippen molar-refractivity contribution in [2.24, 2.45) is 0 Å². The second kappa shape index (κ2) is 7.79. The van der Waals surface area contributed by atoms with Crippen LogP contribution in [0.2, 0.25) is 0 Å². The first kappa shape index (κ1) is 18.9. The Hall–Kier alpha value is -2.87. The summed E-state index contributed by atoms with van der Waals surface area (Å²) in [5.74, 6) is -0.811. The van der Waals surface area contributed by atoms with E-state index in [0.717, 1.165) is 16.9 Å². The van der Waals surface area contributed by atoms with Gasteiger partial charge in [-0.05, 0) is 31.2 Å². The van der Waals surface area contributed by atoms with Crippen molar-refractivity contribution in [3.05, 3.63) is 59.5 Å². The second-order valence-corrected chi connectivity index (χ2v) is 6.35. The minimum absolute atomic E-state index is 0.226. The van der Waals surface area contributed by atoms with E-state index in [9.17, 15) is 18.0 Å². The number of halogens is 3. The third-order valence-corrected chi connectivity index (χ3v) is 4.55. The van der Waals surface area contributed by atoms with E-state index in [0.29, 0.717) is 21.1 Å². The molecule has 0 aliphatic rings. The zero-order valence-electron chi connectivity index (χ0n) is 14.1. The van der Waals surface area contributed by atoms with Crippen LogP contribution in [0, 0.1) is 0 Å². The molecule has 140 valence electrons. The van der Waals surface area contributed by atoms with Gasteiger partial charge in [-0.1, -0.05) is 30.3 Å². The molecule has 0 amide bonds. The maximum absolute atomic E-state index is 12.3. The van der Waals surface area contributed by atoms with Crippen molar-refractivity contribution in [3.63, 3.8) is 0 Å². The maximum Gasteiger partial charge on any atom is 0.573 e. The number of benzene rings is 2. The van der Waals surface area contributed by atoms with Crippen LogP contribution in [0.4, 0.5) is 13.2 Å². The monoisotopic (exact) mass is 393 g/mol. The number of alkyl halides is 3. The number of rotatable bonds is 5. The fourth-order valence-corrected chi connectivity index (χ4v) is 3.36. The van der Waals surface area contributed by atoms with Crippen LogP contribution in [0.25, 0.3) is 21.8 Å². The Labute approximate surface area is 157 Å². The van der Waals surface area contributed by atoms with Gasteiger partial charge in [-0.15, -0.1) is 24.5 Å². The molecule has 0 aliphatic carbocycles. The molecule has 0 N–H and O–H groups in total. The first-order chi connectivity index (χ1) is 12.9. The summed E-state index contributed by atoms with van der Waals surface area (Å²) < 4.78 is 45.8. The van der Waals surface area contributed by atoms with Gasteiger partial charge in [0.15, 0.2) is 0 Å². The van der Waals surface area contributed by atoms with Crippen molar-refractivity contribution in [2.45, 2.75) is 13.3 Å². The molecular formula is C19H14F3NO3S. The minimum Gasteiger partial charge on any atom is -0.462 e. The lowest BCUT2D eigenvalue weighted by atomic mass is 10.1. The van der Waals surface area contributed by atoms with E-state index in [1.807, 2.05) is 30.3 Å². The molecule has 0 saturated carbocycles. The summed E-state index contributed by atoms with van der Waals surface area (Å²) in [4.78, 5) is 17.2. The van der Waals surface area contributed by atoms with Gasteiger partial charge in [0.05, 0.1) is 12.3 Å². The summed E-state index contributed by atoms with van der Waals surface area (Å²) in [6.45, 7) is 1.94. The molecule has 4 nitrogen and oxygen atoms in total. The van der Waals surface area contributed by atoms with E-state index >= 15 is 0 Å². The number of hydrogen-bond acceptors (Lipinski definition) is 5. The average molecular weight is 393 g/mol. The van der Waals surface area contributed by atoms with Gasteiger partial charge in [-0.3, -0.25) is 0 Å². The largest absolute Gasteiger partial charge is 0.573 e. The minimum atomic E-state index is -4.75. The van der Waals surface area contributed by atoms with Crippen LogP contribution in [-0.2, 0) is 4.74 Å². The molecule has 27 heavy (non-hydrogen) atoms. The van der Waals surface area contributed by atoms with E-state index in [-0.39, 0.29) is 12.4 Å². The highest BCUT2D eigenvalue weighted by atomic mass is 32.1. The standard InChI is InChI=1S/C19H14F3NO3S/c1-2-25-18(24)16-15(12-6-4-3-5-7-12)23-17(27-16)13-8-10-14(11-9-13)26-19(20,21)22/h3-11H,2H2,1H3. The number of carbonyl (C=O) groups is 1. The average Bonchev–Trinajstić information content (AvgIpc) is 3.07. The molecule has 8 heteroatoms. The summed E-state index contributed by atoms with van der Waals surface area (Å²) in [5.41, 5.74) is 1.80. The smallest absolute Gasteiger partial charge is 0.462 e. The van der Waals surface area contributed by atoms with Gasteiger partial charge in [0.2, 0.25) is 0 Å². The summed E-state index contributed by atoms with van der Waals surface area (Å²) in [5, 5.41) is 0.496. The molecular weight excluding hydrogens is 379 g/mol. The van der Waals surface area contributed by atoms with E-state index in [4.69, 9.17) is 4.74 Å². The van der Waals surface area contributed by atoms with Gasteiger partial charge >= 0.3 is 12.3 Å². The van der Waals surface area contributed by atoms with Crippen LogP contribution >= 0.6 is 11.3 Å². The number of hydrogen-bond donors (Lipinski definition) is 0. The molecule has 0 atom stereocenters. The Morgan fingerprint density at radius 2 is 1.70 bits per heavy atom. The van der Waals surface area contributed by atoms with Gasteiger partial charge in [0.1, 0.15) is 15.6 Å². The van der Waals surface area contributed by atoms with E-state index in [1.54, 1.807) is 6.92 Å². The van der Waals surface area contributed by atoms with E-state index < -0.39 is 12.3 Å². The number of ether oxygens (including phenoxy) is 2. The first-order valence-corrected chi connectivity index (χ1v) is 8.78. The number of carbonyl (C=O) groups excluding carboxylic acids is 1. The van der Waals surface area contributed by atoms with Crippen molar-refractivity contribution in [1.29, 1.82) is 0 Å². The molecule has 0 aliphatic heterocycles. The van der Waals surface area contributed by atoms with Crippen LogP contribution in [0.5, 0.6) is 5.75 Å². The number of nitrogens with zero attached hydrogens (tertiary/aromatic N) is 1. The van der Waals surface area contributed by atoms with Gasteiger partial charge in [-0.25, -0.2) is 9.78 Å². The van der Waals surface area contributed by atoms with Crippen LogP contribution in [0.1, 0.15) is 16.6 Å². The number of aromatic nitrogens is 1. The van der Waals surface area contributed by atoms with Crippen molar-refractivity contribution in [1.82, 2.24) is 4.98 Å². The van der Waals surface area contributed by atoms with Crippen LogP contribution in [0.3, 0.4) is 0 Å². The van der Waals surface area contributed by atoms with Crippen molar-refractivity contribution < 1.29 is 27.4 Å². The van der Waals surface area contributed by atoms with Crippen LogP contribution in [0.15, 0.2) is 54.6 Å². The Kier molecular flexibility index (Phi) is 5.46. The lowest BCUT2D eigenvalue weighted by molar-refractivity contribution is -0.274. The highest BCUT2D eigenvalue weighted by Crippen LogP contribution is 2.35. The van der Waals surface area contributed by atoms with E-state index in [2.05, 4.69) is 9.72 Å². The fraction of sp³-hybridized carbons (Fsp3) is 0.158. The molecule has 1 aromatic heterocycles. The third-order valence-electron chi connectivity index (χ3n) is 3.47. The van der Waals surface area contributed by atoms with Gasteiger partial charge in [0, 0.05) is 11.1 Å². The Bertz CT molecular complexity index is 922. The maximum atomic E-state index is 12.3. The Morgan fingerprint density at radius 3 is 2.30 bits per heavy atom. The van der Waals surface area contributed by atoms with Crippen molar-refractivity contribution in [2.75, 3.05) is 6.61 Å². The molecule has 2 aromatic carbocycles. The molecule has 1 heterocycles. The summed E-state index contributed by atoms with van der Waals surface area (Å²) in [7, 11) is 0. The Morgan fingerprint density at radius 1 is 1.04 bits per heavy atom. The topological polar surface area (TPSA) is 48.4 Å². The summed E-state index contributed by atoms with van der Waals surface area (Å²) >= 11 is 1.13. The molecule has 3 rings (SSSR count). The predicted molar refractivity (Wildman–Crippen MR) is 95.6 cm³/mol. The molecule has 0 unspecified atom stereocenters. The van der Waals surface area contributed by atoms with Crippen LogP contribution < -0.4 is 4.74 Å². The molecule has 0 spiro atoms. The molecule has 3 aromatic rings. The first-order valence-electron chi connectivity index (χ1n) is 7.97. The zero-order valence-corrected chi connectivity index (χ0v) is 14.9. The fourth-order valence-electron chi connectivity index (χ4n) is 2.37. The highest BCUT2D eigenvalue weighted by molar-refractivity contribution is 7.17. The van der Waals surface area contributed by atoms with Crippen LogP contribution in [-0.4, -0.2) is 23.9 Å². The summed E-state index contributed by atoms with van der Waals surface area (Å²) in [6, 6.07) is 14.5. The Balaban J connectivity index is 1.98. The van der Waals surface area contributed by atoms with Gasteiger partial charge in [0.25, 0.3) is 0 Å². The lowest BCUT2D eigenvalue weighted by Gasteiger charge is -2.08. The normalized spacial score (nSPS) is 11.3. The van der Waals surface area contributed by atoms with Crippen molar-refractivity contribution >= 4 is 17.3 Å². The molecule has 0 bridgehead atoms. The SMILES string of the molecule is CCOC(=O)c1sc(-c2ccc(OC(F)(F)F)cc2)nc1-c1ccccc1. The van der Waals surface area contributed by atoms with Gasteiger partial charge < -0.3 is 9.47 Å². The van der Waals surface area contributed by atoms with Gasteiger partial charge in [-0.2, -0.15) is 0 Å². The van der Waals surface area contributed by atoms with E-state index in [1.165, 1.54) is 24.3 Å². The predicted octanol–water partition coefficient (Wildman–Crippen LogP) is 5.55. The third kappa shape index (κ3) is 4.65. The lowest BCUT2D eigenvalue weighted by Crippen LogP contribution is -2.16. The number of esters is 1. The summed E-state index contributed by atoms with van der Waals surface area (Å²) in [6.07, 6.45) is -4.75. The second-order valence-electron chi connectivity index (χ2n) is 5.36.